The number of carboxylic acids is 1. The van der Waals surface area contributed by atoms with Crippen LogP contribution in [0.4, 0.5) is 0 Å². The lowest BCUT2D eigenvalue weighted by atomic mass is 10.2. The third kappa shape index (κ3) is 1.69. The van der Waals surface area contributed by atoms with Crippen LogP contribution in [-0.2, 0) is 11.3 Å². The first-order valence-electron chi connectivity index (χ1n) is 4.21. The van der Waals surface area contributed by atoms with Gasteiger partial charge in [0, 0.05) is 0 Å². The minimum absolute atomic E-state index is 0.341. The normalized spacial score (nSPS) is 10.4. The second-order valence-corrected chi connectivity index (χ2v) is 2.94. The third-order valence-electron chi connectivity index (χ3n) is 1.91. The van der Waals surface area contributed by atoms with Gasteiger partial charge in [0.1, 0.15) is 5.52 Å². The number of hydrogen-bond acceptors (Lipinski definition) is 5. The summed E-state index contributed by atoms with van der Waals surface area (Å²) in [5, 5.41) is 17.9. The lowest BCUT2D eigenvalue weighted by Gasteiger charge is -2.04. The van der Waals surface area contributed by atoms with Gasteiger partial charge in [0.15, 0.2) is 0 Å². The molecule has 0 saturated carbocycles. The average Bonchev–Trinajstić information content (AvgIpc) is 2.22. The van der Waals surface area contributed by atoms with Crippen molar-refractivity contribution in [3.63, 3.8) is 0 Å². The fraction of sp³-hybridized carbons (Fsp3) is 0.111. The van der Waals surface area contributed by atoms with E-state index in [2.05, 4.69) is 10.3 Å². The molecule has 15 heavy (non-hydrogen) atoms. The summed E-state index contributed by atoms with van der Waals surface area (Å²) in [4.78, 5) is 22.0. The van der Waals surface area contributed by atoms with Crippen LogP contribution in [0.15, 0.2) is 29.1 Å². The Morgan fingerprint density at radius 3 is 2.87 bits per heavy atom. The van der Waals surface area contributed by atoms with Crippen molar-refractivity contribution in [2.24, 2.45) is 0 Å². The van der Waals surface area contributed by atoms with E-state index < -0.39 is 18.1 Å². The van der Waals surface area contributed by atoms with E-state index >= 15 is 0 Å². The number of carbonyl (C=O) groups excluding carboxylic acids is 1. The van der Waals surface area contributed by atoms with Gasteiger partial charge in [-0.05, 0) is 12.1 Å². The lowest BCUT2D eigenvalue weighted by molar-refractivity contribution is -0.306. The smallest absolute Gasteiger partial charge is 0.277 e. The van der Waals surface area contributed by atoms with E-state index in [-0.39, 0.29) is 0 Å². The van der Waals surface area contributed by atoms with E-state index in [0.717, 1.165) is 4.68 Å². The zero-order valence-corrected chi connectivity index (χ0v) is 7.58. The van der Waals surface area contributed by atoms with Crippen molar-refractivity contribution in [1.82, 2.24) is 15.0 Å². The summed E-state index contributed by atoms with van der Waals surface area (Å²) in [6, 6.07) is 6.60. The molecule has 6 nitrogen and oxygen atoms in total. The topological polar surface area (TPSA) is 87.9 Å². The van der Waals surface area contributed by atoms with Gasteiger partial charge in [-0.15, -0.1) is 5.10 Å². The molecule has 1 aromatic carbocycles. The number of nitrogens with zero attached hydrogens (tertiary/aromatic N) is 3. The average molecular weight is 204 g/mol. The first-order valence-corrected chi connectivity index (χ1v) is 4.21. The van der Waals surface area contributed by atoms with Gasteiger partial charge in [0.25, 0.3) is 5.56 Å². The predicted molar refractivity (Wildman–Crippen MR) is 48.8 cm³/mol. The fourth-order valence-electron chi connectivity index (χ4n) is 1.25. The Morgan fingerprint density at radius 2 is 2.13 bits per heavy atom. The van der Waals surface area contributed by atoms with Crippen LogP contribution in [0.1, 0.15) is 0 Å². The Balaban J connectivity index is 2.65. The molecule has 0 N–H and O–H groups in total. The van der Waals surface area contributed by atoms with E-state index in [1.807, 2.05) is 0 Å². The maximum absolute atomic E-state index is 11.6. The van der Waals surface area contributed by atoms with Crippen molar-refractivity contribution in [1.29, 1.82) is 0 Å². The number of benzene rings is 1. The zero-order valence-electron chi connectivity index (χ0n) is 7.58. The Kier molecular flexibility index (Phi) is 2.17. The van der Waals surface area contributed by atoms with Gasteiger partial charge in [-0.25, -0.2) is 4.68 Å². The third-order valence-corrected chi connectivity index (χ3v) is 1.91. The van der Waals surface area contributed by atoms with Crippen LogP contribution < -0.4 is 10.7 Å². The van der Waals surface area contributed by atoms with E-state index in [0.29, 0.717) is 10.9 Å². The van der Waals surface area contributed by atoms with Gasteiger partial charge < -0.3 is 9.90 Å². The number of carbonyl (C=O) groups is 1. The van der Waals surface area contributed by atoms with Gasteiger partial charge in [-0.2, -0.15) is 0 Å². The summed E-state index contributed by atoms with van der Waals surface area (Å²) in [6.07, 6.45) is 0. The molecule has 2 aromatic rings. The van der Waals surface area contributed by atoms with Crippen molar-refractivity contribution in [3.8, 4) is 0 Å². The summed E-state index contributed by atoms with van der Waals surface area (Å²) >= 11 is 0. The molecule has 0 spiro atoms. The van der Waals surface area contributed by atoms with Crippen LogP contribution in [0.3, 0.4) is 0 Å². The van der Waals surface area contributed by atoms with Crippen LogP contribution in [0.5, 0.6) is 0 Å². The highest BCUT2D eigenvalue weighted by Crippen LogP contribution is 2.02. The van der Waals surface area contributed by atoms with Crippen molar-refractivity contribution in [3.05, 3.63) is 34.6 Å². The van der Waals surface area contributed by atoms with Crippen LogP contribution in [0.2, 0.25) is 0 Å². The van der Waals surface area contributed by atoms with Gasteiger partial charge in [0.2, 0.25) is 0 Å². The fourth-order valence-corrected chi connectivity index (χ4v) is 1.25. The molecule has 0 amide bonds. The summed E-state index contributed by atoms with van der Waals surface area (Å²) in [6.45, 7) is -0.587. The van der Waals surface area contributed by atoms with Crippen LogP contribution in [-0.4, -0.2) is 21.0 Å². The SMILES string of the molecule is O=C([O-])Cn1nnc2ccccc2c1=O. The molecule has 0 fully saturated rings. The molecular weight excluding hydrogens is 198 g/mol. The van der Waals surface area contributed by atoms with E-state index in [4.69, 9.17) is 0 Å². The maximum atomic E-state index is 11.6. The Bertz CT molecular complexity index is 576. The molecule has 6 heteroatoms. The highest BCUT2D eigenvalue weighted by molar-refractivity contribution is 5.76. The van der Waals surface area contributed by atoms with Gasteiger partial charge >= 0.3 is 0 Å². The van der Waals surface area contributed by atoms with Crippen LogP contribution in [0.25, 0.3) is 10.9 Å². The second kappa shape index (κ2) is 3.49. The molecule has 0 atom stereocenters. The number of aliphatic carboxylic acids is 1. The number of fused-ring (bicyclic) bond motifs is 1. The molecule has 0 aliphatic heterocycles. The number of rotatable bonds is 2. The van der Waals surface area contributed by atoms with Gasteiger partial charge in [-0.1, -0.05) is 17.3 Å². The molecule has 0 aliphatic rings. The van der Waals surface area contributed by atoms with E-state index in [9.17, 15) is 14.7 Å². The predicted octanol–water partition coefficient (Wildman–Crippen LogP) is -1.46. The molecule has 0 radical (unpaired) electrons. The van der Waals surface area contributed by atoms with E-state index in [1.165, 1.54) is 0 Å². The van der Waals surface area contributed by atoms with Crippen molar-refractivity contribution in [2.45, 2.75) is 6.54 Å². The van der Waals surface area contributed by atoms with Crippen LogP contribution in [0, 0.1) is 0 Å². The zero-order chi connectivity index (χ0) is 10.8. The monoisotopic (exact) mass is 204 g/mol. The highest BCUT2D eigenvalue weighted by Gasteiger charge is 2.03. The number of carboxylic acid groups (broad SMARTS) is 1. The Hall–Kier alpha value is -2.24. The van der Waals surface area contributed by atoms with Gasteiger partial charge in [-0.3, -0.25) is 4.79 Å². The largest absolute Gasteiger partial charge is 0.548 e. The summed E-state index contributed by atoms with van der Waals surface area (Å²) in [7, 11) is 0. The lowest BCUT2D eigenvalue weighted by Crippen LogP contribution is -2.34. The molecule has 0 bridgehead atoms. The Morgan fingerprint density at radius 1 is 1.40 bits per heavy atom. The first-order chi connectivity index (χ1) is 7.18. The van der Waals surface area contributed by atoms with E-state index in [1.54, 1.807) is 24.3 Å². The summed E-state index contributed by atoms with van der Waals surface area (Å²) < 4.78 is 0.762. The minimum atomic E-state index is -1.37. The molecule has 2 rings (SSSR count). The molecule has 0 unspecified atom stereocenters. The number of hydrogen-bond donors (Lipinski definition) is 0. The Labute approximate surface area is 83.8 Å². The first kappa shape index (κ1) is 9.32. The molecular formula is C9H6N3O3-. The molecule has 0 aliphatic carbocycles. The van der Waals surface area contributed by atoms with Crippen molar-refractivity contribution >= 4 is 16.9 Å². The standard InChI is InChI=1S/C9H7N3O3/c13-8(14)5-12-9(15)6-3-1-2-4-7(6)10-11-12/h1-4H,5H2,(H,13,14)/p-1. The molecule has 1 heterocycles. The highest BCUT2D eigenvalue weighted by atomic mass is 16.4. The van der Waals surface area contributed by atoms with Crippen molar-refractivity contribution < 1.29 is 9.90 Å². The number of aromatic nitrogens is 3. The van der Waals surface area contributed by atoms with Gasteiger partial charge in [0.05, 0.1) is 17.9 Å². The summed E-state index contributed by atoms with van der Waals surface area (Å²) in [5.41, 5.74) is -0.0399. The minimum Gasteiger partial charge on any atom is -0.548 e. The second-order valence-electron chi connectivity index (χ2n) is 2.94. The molecule has 1 aromatic heterocycles. The van der Waals surface area contributed by atoms with Crippen LogP contribution >= 0.6 is 0 Å². The maximum Gasteiger partial charge on any atom is 0.277 e. The quantitative estimate of drug-likeness (QED) is 0.596. The molecule has 76 valence electrons. The summed E-state index contributed by atoms with van der Waals surface area (Å²) in [5.74, 6) is -1.37. The van der Waals surface area contributed by atoms with Crippen molar-refractivity contribution in [2.75, 3.05) is 0 Å². The molecule has 0 saturated heterocycles.